The lowest BCUT2D eigenvalue weighted by molar-refractivity contribution is 1.66. The van der Waals surface area contributed by atoms with E-state index in [1.165, 1.54) is 21.5 Å². The largest absolute Gasteiger partial charge is 0.115 e. The number of hydrogen-bond donors (Lipinski definition) is 0. The maximum atomic E-state index is 6.41. The molecule has 0 fully saturated rings. The smallest absolute Gasteiger partial charge is 0.0844 e. The molecule has 0 aromatic heterocycles. The first-order valence-electron chi connectivity index (χ1n) is 5.61. The van der Waals surface area contributed by atoms with Crippen LogP contribution in [0, 0.1) is 0 Å². The summed E-state index contributed by atoms with van der Waals surface area (Å²) in [4.78, 5) is 0. The molecule has 0 saturated heterocycles. The van der Waals surface area contributed by atoms with Crippen LogP contribution in [0.25, 0.3) is 11.1 Å². The number of halogens is 2. The molecule has 1 aliphatic heterocycles. The van der Waals surface area contributed by atoms with Crippen LogP contribution in [0.15, 0.2) is 40.9 Å². The van der Waals surface area contributed by atoms with Crippen molar-refractivity contribution >= 4 is 46.0 Å². The molecule has 0 spiro atoms. The van der Waals surface area contributed by atoms with E-state index in [1.54, 1.807) is 0 Å². The van der Waals surface area contributed by atoms with Crippen molar-refractivity contribution in [3.8, 4) is 11.1 Å². The minimum absolute atomic E-state index is 0.923. The number of hydrogen-bond acceptors (Lipinski definition) is 0. The minimum Gasteiger partial charge on any atom is -0.0844 e. The van der Waals surface area contributed by atoms with Gasteiger partial charge in [0, 0.05) is 9.50 Å². The van der Waals surface area contributed by atoms with Crippen LogP contribution < -0.4 is 10.4 Å². The quantitative estimate of drug-likeness (QED) is 0.645. The number of benzene rings is 2. The fraction of sp³-hybridized carbons (Fsp3) is 0.143. The Morgan fingerprint density at radius 2 is 1.82 bits per heavy atom. The fourth-order valence-electron chi connectivity index (χ4n) is 2.80. The van der Waals surface area contributed by atoms with Crippen molar-refractivity contribution in [3.63, 3.8) is 0 Å². The van der Waals surface area contributed by atoms with Gasteiger partial charge in [0.05, 0.1) is 0 Å². The zero-order chi connectivity index (χ0) is 12.2. The zero-order valence-corrected chi connectivity index (χ0v) is 13.1. The number of rotatable bonds is 0. The van der Waals surface area contributed by atoms with E-state index in [9.17, 15) is 0 Å². The van der Waals surface area contributed by atoms with Gasteiger partial charge >= 0.3 is 0 Å². The van der Waals surface area contributed by atoms with Crippen molar-refractivity contribution in [2.75, 3.05) is 0 Å². The highest BCUT2D eigenvalue weighted by molar-refractivity contribution is 9.10. The van der Waals surface area contributed by atoms with E-state index in [2.05, 4.69) is 53.3 Å². The van der Waals surface area contributed by atoms with Crippen LogP contribution in [0.2, 0.25) is 18.1 Å². The monoisotopic (exact) mass is 322 g/mol. The van der Waals surface area contributed by atoms with E-state index < -0.39 is 8.07 Å². The first-order valence-corrected chi connectivity index (χ1v) is 9.78. The van der Waals surface area contributed by atoms with Crippen LogP contribution in [-0.2, 0) is 0 Å². The molecule has 2 aromatic carbocycles. The average molecular weight is 324 g/mol. The van der Waals surface area contributed by atoms with Crippen molar-refractivity contribution in [1.82, 2.24) is 0 Å². The Bertz CT molecular complexity index is 620. The summed E-state index contributed by atoms with van der Waals surface area (Å²) in [6.45, 7) is 4.74. The van der Waals surface area contributed by atoms with E-state index in [4.69, 9.17) is 11.6 Å². The third-order valence-corrected chi connectivity index (χ3v) is 8.12. The molecule has 0 N–H and O–H groups in total. The highest BCUT2D eigenvalue weighted by Crippen LogP contribution is 2.32. The van der Waals surface area contributed by atoms with Gasteiger partial charge in [0.15, 0.2) is 0 Å². The van der Waals surface area contributed by atoms with Crippen LogP contribution in [0.3, 0.4) is 0 Å². The predicted octanol–water partition coefficient (Wildman–Crippen LogP) is 3.91. The normalized spacial score (nSPS) is 15.5. The summed E-state index contributed by atoms with van der Waals surface area (Å²) in [7, 11) is -1.60. The molecular formula is C14H12BrClSi. The van der Waals surface area contributed by atoms with Crippen molar-refractivity contribution in [1.29, 1.82) is 0 Å². The Hall–Kier alpha value is -0.573. The van der Waals surface area contributed by atoms with Gasteiger partial charge in [-0.25, -0.2) is 0 Å². The standard InChI is InChI=1S/C14H12BrClSi/c1-17(2)13-7-6-9(15)8-11(13)10-4-3-5-12(16)14(10)17/h3-8H,1-2H3. The third-order valence-electron chi connectivity index (χ3n) is 3.58. The van der Waals surface area contributed by atoms with Gasteiger partial charge in [0.2, 0.25) is 0 Å². The summed E-state index contributed by atoms with van der Waals surface area (Å²) < 4.78 is 1.13. The molecule has 0 aliphatic carbocycles. The lowest BCUT2D eigenvalue weighted by Gasteiger charge is -2.19. The Morgan fingerprint density at radius 3 is 2.59 bits per heavy atom. The minimum atomic E-state index is -1.60. The lowest BCUT2D eigenvalue weighted by atomic mass is 10.1. The zero-order valence-electron chi connectivity index (χ0n) is 9.72. The summed E-state index contributed by atoms with van der Waals surface area (Å²) in [6.07, 6.45) is 0. The second-order valence-electron chi connectivity index (χ2n) is 4.98. The molecule has 1 heterocycles. The van der Waals surface area contributed by atoms with Gasteiger partial charge in [0.25, 0.3) is 0 Å². The highest BCUT2D eigenvalue weighted by Gasteiger charge is 2.38. The van der Waals surface area contributed by atoms with Gasteiger partial charge in [-0.2, -0.15) is 0 Å². The number of fused-ring (bicyclic) bond motifs is 3. The van der Waals surface area contributed by atoms with Crippen LogP contribution in [-0.4, -0.2) is 8.07 Å². The maximum Gasteiger partial charge on any atom is 0.115 e. The molecule has 0 bridgehead atoms. The Labute approximate surface area is 116 Å². The van der Waals surface area contributed by atoms with Gasteiger partial charge in [-0.05, 0) is 39.7 Å². The molecule has 0 amide bonds. The molecule has 0 atom stereocenters. The van der Waals surface area contributed by atoms with Gasteiger partial charge in [0.1, 0.15) is 8.07 Å². The van der Waals surface area contributed by atoms with E-state index in [0.29, 0.717) is 0 Å². The fourth-order valence-corrected chi connectivity index (χ4v) is 7.27. The summed E-state index contributed by atoms with van der Waals surface area (Å²) in [5, 5.41) is 3.80. The molecule has 86 valence electrons. The van der Waals surface area contributed by atoms with E-state index in [1.807, 2.05) is 12.1 Å². The molecular weight excluding hydrogens is 312 g/mol. The van der Waals surface area contributed by atoms with Gasteiger partial charge < -0.3 is 0 Å². The third kappa shape index (κ3) is 1.55. The molecule has 17 heavy (non-hydrogen) atoms. The topological polar surface area (TPSA) is 0 Å². The van der Waals surface area contributed by atoms with Crippen LogP contribution >= 0.6 is 27.5 Å². The molecule has 3 heteroatoms. The molecule has 0 nitrogen and oxygen atoms in total. The van der Waals surface area contributed by atoms with E-state index >= 15 is 0 Å². The summed E-state index contributed by atoms with van der Waals surface area (Å²) >= 11 is 9.96. The van der Waals surface area contributed by atoms with Gasteiger partial charge in [-0.15, -0.1) is 0 Å². The molecule has 3 rings (SSSR count). The summed E-state index contributed by atoms with van der Waals surface area (Å²) in [6, 6.07) is 12.8. The maximum absolute atomic E-state index is 6.41. The predicted molar refractivity (Wildman–Crippen MR) is 81.3 cm³/mol. The average Bonchev–Trinajstić information content (AvgIpc) is 2.49. The first-order chi connectivity index (χ1) is 8.01. The molecule has 2 aromatic rings. The molecule has 0 unspecified atom stereocenters. The van der Waals surface area contributed by atoms with Crippen molar-refractivity contribution in [3.05, 3.63) is 45.9 Å². The molecule has 0 radical (unpaired) electrons. The molecule has 1 aliphatic rings. The second-order valence-corrected chi connectivity index (χ2v) is 10.6. The Kier molecular flexibility index (Phi) is 2.51. The van der Waals surface area contributed by atoms with E-state index in [0.717, 1.165) is 9.50 Å². The van der Waals surface area contributed by atoms with E-state index in [-0.39, 0.29) is 0 Å². The van der Waals surface area contributed by atoms with Crippen LogP contribution in [0.4, 0.5) is 0 Å². The summed E-state index contributed by atoms with van der Waals surface area (Å²) in [5.74, 6) is 0. The molecule has 0 saturated carbocycles. The van der Waals surface area contributed by atoms with Crippen molar-refractivity contribution in [2.24, 2.45) is 0 Å². The second kappa shape index (κ2) is 3.71. The SMILES string of the molecule is C[Si]1(C)c2ccc(Br)cc2-c2cccc(Cl)c21. The Morgan fingerprint density at radius 1 is 1.06 bits per heavy atom. The first kappa shape index (κ1) is 11.5. The van der Waals surface area contributed by atoms with Crippen molar-refractivity contribution < 1.29 is 0 Å². The highest BCUT2D eigenvalue weighted by atomic mass is 79.9. The van der Waals surface area contributed by atoms with Crippen LogP contribution in [0.1, 0.15) is 0 Å². The summed E-state index contributed by atoms with van der Waals surface area (Å²) in [5.41, 5.74) is 2.68. The lowest BCUT2D eigenvalue weighted by Crippen LogP contribution is -2.49. The Balaban J connectivity index is 2.43. The van der Waals surface area contributed by atoms with Crippen molar-refractivity contribution in [2.45, 2.75) is 13.1 Å². The van der Waals surface area contributed by atoms with Crippen LogP contribution in [0.5, 0.6) is 0 Å². The van der Waals surface area contributed by atoms with Gasteiger partial charge in [-0.1, -0.05) is 58.8 Å². The van der Waals surface area contributed by atoms with Gasteiger partial charge in [-0.3, -0.25) is 0 Å².